The van der Waals surface area contributed by atoms with Gasteiger partial charge in [-0.1, -0.05) is 6.92 Å². The van der Waals surface area contributed by atoms with Gasteiger partial charge in [-0.2, -0.15) is 0 Å². The molecule has 5 heteroatoms. The van der Waals surface area contributed by atoms with Crippen molar-refractivity contribution in [2.24, 2.45) is 11.8 Å². The summed E-state index contributed by atoms with van der Waals surface area (Å²) < 4.78 is 0. The Kier molecular flexibility index (Phi) is 2.59. The molecule has 0 spiro atoms. The molecule has 0 unspecified atom stereocenters. The van der Waals surface area contributed by atoms with Crippen LogP contribution < -0.4 is 0 Å². The van der Waals surface area contributed by atoms with Crippen LogP contribution in [0, 0.1) is 11.8 Å². The van der Waals surface area contributed by atoms with E-state index in [1.807, 2.05) is 6.92 Å². The molecule has 18 heavy (non-hydrogen) atoms. The number of carbonyl (C=O) groups excluding carboxylic acids is 1. The molecular formula is C13H17N3O2. The molecule has 2 heterocycles. The lowest BCUT2D eigenvalue weighted by molar-refractivity contribution is -0.00367. The van der Waals surface area contributed by atoms with Crippen LogP contribution in [-0.2, 0) is 0 Å². The van der Waals surface area contributed by atoms with Gasteiger partial charge in [0.2, 0.25) is 0 Å². The van der Waals surface area contributed by atoms with Crippen LogP contribution in [0.3, 0.4) is 0 Å². The first-order valence-electron chi connectivity index (χ1n) is 6.39. The van der Waals surface area contributed by atoms with E-state index in [1.54, 1.807) is 11.1 Å². The molecule has 2 fully saturated rings. The maximum absolute atomic E-state index is 12.2. The van der Waals surface area contributed by atoms with Gasteiger partial charge in [0, 0.05) is 24.9 Å². The zero-order chi connectivity index (χ0) is 12.8. The second kappa shape index (κ2) is 4.02. The number of hydrogen-bond acceptors (Lipinski definition) is 4. The van der Waals surface area contributed by atoms with Gasteiger partial charge >= 0.3 is 0 Å². The fourth-order valence-electron chi connectivity index (χ4n) is 2.86. The van der Waals surface area contributed by atoms with Crippen molar-refractivity contribution in [2.75, 3.05) is 13.1 Å². The number of hydrogen-bond donors (Lipinski definition) is 1. The Morgan fingerprint density at radius 3 is 2.89 bits per heavy atom. The van der Waals surface area contributed by atoms with Gasteiger partial charge in [-0.25, -0.2) is 4.98 Å². The Morgan fingerprint density at radius 2 is 2.28 bits per heavy atom. The van der Waals surface area contributed by atoms with E-state index in [0.717, 1.165) is 12.8 Å². The molecule has 96 valence electrons. The average molecular weight is 247 g/mol. The monoisotopic (exact) mass is 247 g/mol. The predicted octanol–water partition coefficient (Wildman–Crippen LogP) is 0.710. The minimum Gasteiger partial charge on any atom is -0.387 e. The number of nitrogens with zero attached hydrogens (tertiary/aromatic N) is 3. The Hall–Kier alpha value is -1.49. The highest BCUT2D eigenvalue weighted by molar-refractivity contribution is 5.92. The second-order valence-electron chi connectivity index (χ2n) is 5.44. The van der Waals surface area contributed by atoms with Gasteiger partial charge in [0.1, 0.15) is 5.69 Å². The van der Waals surface area contributed by atoms with Crippen LogP contribution in [0.5, 0.6) is 0 Å². The molecule has 5 nitrogen and oxygen atoms in total. The lowest BCUT2D eigenvalue weighted by Gasteiger charge is -2.26. The summed E-state index contributed by atoms with van der Waals surface area (Å²) in [6.45, 7) is 3.04. The van der Waals surface area contributed by atoms with E-state index >= 15 is 0 Å². The van der Waals surface area contributed by atoms with Crippen molar-refractivity contribution < 1.29 is 9.90 Å². The number of aliphatic hydroxyl groups is 1. The average Bonchev–Trinajstić information content (AvgIpc) is 3.18. The summed E-state index contributed by atoms with van der Waals surface area (Å²) in [7, 11) is 0. The summed E-state index contributed by atoms with van der Waals surface area (Å²) >= 11 is 0. The van der Waals surface area contributed by atoms with Crippen LogP contribution in [0.1, 0.15) is 30.3 Å². The van der Waals surface area contributed by atoms with Crippen molar-refractivity contribution in [1.29, 1.82) is 0 Å². The van der Waals surface area contributed by atoms with Gasteiger partial charge in [0.15, 0.2) is 0 Å². The molecule has 1 saturated carbocycles. The van der Waals surface area contributed by atoms with Gasteiger partial charge in [0.25, 0.3) is 5.91 Å². The fraction of sp³-hybridized carbons (Fsp3) is 0.615. The third-order valence-electron chi connectivity index (χ3n) is 4.15. The largest absolute Gasteiger partial charge is 0.387 e. The highest BCUT2D eigenvalue weighted by atomic mass is 16.3. The normalized spacial score (nSPS) is 31.7. The van der Waals surface area contributed by atoms with Crippen molar-refractivity contribution in [1.82, 2.24) is 14.9 Å². The number of likely N-dealkylation sites (tertiary alicyclic amines) is 1. The van der Waals surface area contributed by atoms with E-state index in [1.165, 1.54) is 12.4 Å². The van der Waals surface area contributed by atoms with Crippen LogP contribution in [0.25, 0.3) is 0 Å². The summed E-state index contributed by atoms with van der Waals surface area (Å²) in [6, 6.07) is 0. The maximum Gasteiger partial charge on any atom is 0.274 e. The van der Waals surface area contributed by atoms with Crippen LogP contribution >= 0.6 is 0 Å². The molecule has 1 aromatic heterocycles. The van der Waals surface area contributed by atoms with Crippen LogP contribution in [0.4, 0.5) is 0 Å². The minimum atomic E-state index is -0.697. The summed E-state index contributed by atoms with van der Waals surface area (Å²) in [5.41, 5.74) is -0.345. The van der Waals surface area contributed by atoms with Crippen molar-refractivity contribution in [3.05, 3.63) is 24.3 Å². The summed E-state index contributed by atoms with van der Waals surface area (Å²) in [5.74, 6) is 0.365. The lowest BCUT2D eigenvalue weighted by Crippen LogP contribution is -2.40. The van der Waals surface area contributed by atoms with Crippen LogP contribution in [0.2, 0.25) is 0 Å². The highest BCUT2D eigenvalue weighted by Crippen LogP contribution is 2.47. The number of carbonyl (C=O) groups is 1. The standard InChI is InChI=1S/C13H17N3O2/c1-9-7-16(8-13(9,18)10-2-3-10)12(17)11-6-14-4-5-15-11/h4-6,9-10,18H,2-3,7-8H2,1H3/t9-,13+/m1/s1. The number of β-amino-alcohol motifs (C(OH)–C–C–N with tert-alkyl or cyclic N) is 1. The topological polar surface area (TPSA) is 66.3 Å². The minimum absolute atomic E-state index is 0.130. The first-order chi connectivity index (χ1) is 8.61. The van der Waals surface area contributed by atoms with Gasteiger partial charge in [0.05, 0.1) is 18.3 Å². The van der Waals surface area contributed by atoms with Gasteiger partial charge < -0.3 is 10.0 Å². The first-order valence-corrected chi connectivity index (χ1v) is 6.39. The summed E-state index contributed by atoms with van der Waals surface area (Å²) in [4.78, 5) is 21.9. The molecule has 0 radical (unpaired) electrons. The Bertz CT molecular complexity index is 461. The number of amides is 1. The quantitative estimate of drug-likeness (QED) is 0.836. The highest BCUT2D eigenvalue weighted by Gasteiger charge is 2.53. The third-order valence-corrected chi connectivity index (χ3v) is 4.15. The van der Waals surface area contributed by atoms with Crippen molar-refractivity contribution in [3.8, 4) is 0 Å². The van der Waals surface area contributed by atoms with Gasteiger partial charge in [-0.15, -0.1) is 0 Å². The molecule has 2 aliphatic rings. The molecule has 1 aromatic rings. The molecular weight excluding hydrogens is 230 g/mol. The van der Waals surface area contributed by atoms with E-state index in [9.17, 15) is 9.90 Å². The van der Waals surface area contributed by atoms with E-state index in [-0.39, 0.29) is 11.8 Å². The lowest BCUT2D eigenvalue weighted by atomic mass is 9.88. The maximum atomic E-state index is 12.2. The Labute approximate surface area is 106 Å². The SMILES string of the molecule is C[C@@H]1CN(C(=O)c2cnccn2)C[C@@]1(O)C1CC1. The number of aromatic nitrogens is 2. The molecule has 3 rings (SSSR count). The molecule has 1 amide bonds. The first kappa shape index (κ1) is 11.6. The fourth-order valence-corrected chi connectivity index (χ4v) is 2.86. The second-order valence-corrected chi connectivity index (χ2v) is 5.44. The van der Waals surface area contributed by atoms with Crippen LogP contribution in [0.15, 0.2) is 18.6 Å². The molecule has 1 aliphatic heterocycles. The molecule has 2 atom stereocenters. The number of rotatable bonds is 2. The Balaban J connectivity index is 1.77. The molecule has 0 aromatic carbocycles. The van der Waals surface area contributed by atoms with E-state index in [0.29, 0.717) is 24.7 Å². The van der Waals surface area contributed by atoms with Crippen molar-refractivity contribution >= 4 is 5.91 Å². The van der Waals surface area contributed by atoms with Crippen LogP contribution in [-0.4, -0.2) is 44.6 Å². The zero-order valence-corrected chi connectivity index (χ0v) is 10.4. The molecule has 1 aliphatic carbocycles. The molecule has 1 saturated heterocycles. The van der Waals surface area contributed by atoms with E-state index < -0.39 is 5.60 Å². The molecule has 1 N–H and O–H groups in total. The smallest absolute Gasteiger partial charge is 0.274 e. The molecule has 0 bridgehead atoms. The van der Waals surface area contributed by atoms with E-state index in [4.69, 9.17) is 0 Å². The van der Waals surface area contributed by atoms with Crippen molar-refractivity contribution in [3.63, 3.8) is 0 Å². The van der Waals surface area contributed by atoms with Gasteiger partial charge in [-0.3, -0.25) is 9.78 Å². The summed E-state index contributed by atoms with van der Waals surface area (Å²) in [6.07, 6.45) is 6.69. The third kappa shape index (κ3) is 1.79. The Morgan fingerprint density at radius 1 is 1.50 bits per heavy atom. The van der Waals surface area contributed by atoms with Crippen molar-refractivity contribution in [2.45, 2.75) is 25.4 Å². The van der Waals surface area contributed by atoms with E-state index in [2.05, 4.69) is 9.97 Å². The summed E-state index contributed by atoms with van der Waals surface area (Å²) in [5, 5.41) is 10.6. The predicted molar refractivity (Wildman–Crippen MR) is 64.8 cm³/mol. The zero-order valence-electron chi connectivity index (χ0n) is 10.4. The van der Waals surface area contributed by atoms with Gasteiger partial charge in [-0.05, 0) is 18.8 Å².